The second-order valence-electron chi connectivity index (χ2n) is 8.41. The predicted molar refractivity (Wildman–Crippen MR) is 115 cm³/mol. The second kappa shape index (κ2) is 8.39. The smallest absolute Gasteiger partial charge is 0.416 e. The normalized spacial score (nSPS) is 17.1. The molecule has 1 aromatic heterocycles. The molecule has 0 N–H and O–H groups in total. The van der Waals surface area contributed by atoms with Crippen LogP contribution in [0.3, 0.4) is 0 Å². The van der Waals surface area contributed by atoms with Gasteiger partial charge in [0.2, 0.25) is 0 Å². The largest absolute Gasteiger partial charge is 0.444 e. The molecule has 0 bridgehead atoms. The summed E-state index contributed by atoms with van der Waals surface area (Å²) in [4.78, 5) is 19.1. The van der Waals surface area contributed by atoms with Crippen LogP contribution in [-0.4, -0.2) is 32.7 Å². The Labute approximate surface area is 187 Å². The first-order valence-corrected chi connectivity index (χ1v) is 10.8. The third-order valence-electron chi connectivity index (χ3n) is 5.02. The maximum atomic E-state index is 12.9. The number of imidazole rings is 1. The van der Waals surface area contributed by atoms with Crippen LogP contribution in [0.25, 0.3) is 0 Å². The van der Waals surface area contributed by atoms with E-state index in [9.17, 15) is 18.0 Å². The standard InChI is InChI=1S/C21H25F3IN3O2/c1-13-26-18(25)17-16(10-7-14-5-8-15(9-6-14)21(22,23)24)28(12-11-27(13)17)19(29)30-20(2,3)4/h5-6,8-9,16H,7,10-12H2,1-4H3. The molecule has 3 rings (SSSR count). The van der Waals surface area contributed by atoms with Gasteiger partial charge in [0.1, 0.15) is 15.1 Å². The van der Waals surface area contributed by atoms with E-state index in [0.29, 0.717) is 25.9 Å². The summed E-state index contributed by atoms with van der Waals surface area (Å²) in [6, 6.07) is 4.93. The van der Waals surface area contributed by atoms with Gasteiger partial charge >= 0.3 is 12.3 Å². The zero-order valence-electron chi connectivity index (χ0n) is 17.4. The zero-order valence-corrected chi connectivity index (χ0v) is 19.5. The summed E-state index contributed by atoms with van der Waals surface area (Å²) < 4.78 is 47.0. The topological polar surface area (TPSA) is 47.4 Å². The summed E-state index contributed by atoms with van der Waals surface area (Å²) in [6.07, 6.45) is -3.65. The Hall–Kier alpha value is -1.78. The van der Waals surface area contributed by atoms with Crippen molar-refractivity contribution in [3.8, 4) is 0 Å². The SMILES string of the molecule is Cc1nc(I)c2n1CCN(C(=O)OC(C)(C)C)C2CCc1ccc(C(F)(F)F)cc1. The van der Waals surface area contributed by atoms with Crippen molar-refractivity contribution in [1.29, 1.82) is 0 Å². The molecule has 2 aromatic rings. The lowest BCUT2D eigenvalue weighted by Gasteiger charge is -2.38. The van der Waals surface area contributed by atoms with Gasteiger partial charge < -0.3 is 9.30 Å². The van der Waals surface area contributed by atoms with E-state index in [1.165, 1.54) is 12.1 Å². The average molecular weight is 535 g/mol. The highest BCUT2D eigenvalue weighted by Gasteiger charge is 2.36. The van der Waals surface area contributed by atoms with E-state index < -0.39 is 17.3 Å². The number of carbonyl (C=O) groups excluding carboxylic acids is 1. The van der Waals surface area contributed by atoms with Gasteiger partial charge in [-0.2, -0.15) is 13.2 Å². The minimum absolute atomic E-state index is 0.260. The van der Waals surface area contributed by atoms with Crippen LogP contribution >= 0.6 is 22.6 Å². The number of rotatable bonds is 3. The molecule has 9 heteroatoms. The number of nitrogens with zero attached hydrogens (tertiary/aromatic N) is 3. The van der Waals surface area contributed by atoms with Gasteiger partial charge in [0.25, 0.3) is 0 Å². The summed E-state index contributed by atoms with van der Waals surface area (Å²) in [5, 5.41) is 0. The second-order valence-corrected chi connectivity index (χ2v) is 9.43. The van der Waals surface area contributed by atoms with Gasteiger partial charge in [-0.05, 0) is 80.8 Å². The molecule has 5 nitrogen and oxygen atoms in total. The first kappa shape index (κ1) is 22.9. The van der Waals surface area contributed by atoms with Gasteiger partial charge in [0.15, 0.2) is 0 Å². The minimum Gasteiger partial charge on any atom is -0.444 e. The molecule has 0 aliphatic carbocycles. The van der Waals surface area contributed by atoms with Crippen LogP contribution < -0.4 is 0 Å². The highest BCUT2D eigenvalue weighted by molar-refractivity contribution is 14.1. The number of ether oxygens (including phenoxy) is 1. The van der Waals surface area contributed by atoms with Crippen molar-refractivity contribution in [2.75, 3.05) is 6.54 Å². The highest BCUT2D eigenvalue weighted by atomic mass is 127. The van der Waals surface area contributed by atoms with Crippen molar-refractivity contribution in [3.63, 3.8) is 0 Å². The molecule has 0 saturated heterocycles. The summed E-state index contributed by atoms with van der Waals surface area (Å²) in [7, 11) is 0. The lowest BCUT2D eigenvalue weighted by molar-refractivity contribution is -0.137. The fourth-order valence-corrected chi connectivity index (χ4v) is 4.65. The monoisotopic (exact) mass is 535 g/mol. The Morgan fingerprint density at radius 2 is 1.83 bits per heavy atom. The molecule has 0 saturated carbocycles. The van der Waals surface area contributed by atoms with E-state index in [-0.39, 0.29) is 12.1 Å². The van der Waals surface area contributed by atoms with E-state index in [4.69, 9.17) is 4.74 Å². The predicted octanol–water partition coefficient (Wildman–Crippen LogP) is 5.74. The van der Waals surface area contributed by atoms with E-state index in [1.54, 1.807) is 4.90 Å². The van der Waals surface area contributed by atoms with Gasteiger partial charge in [-0.1, -0.05) is 12.1 Å². The number of amides is 1. The van der Waals surface area contributed by atoms with E-state index in [1.807, 2.05) is 27.7 Å². The molecule has 0 radical (unpaired) electrons. The minimum atomic E-state index is -4.35. The summed E-state index contributed by atoms with van der Waals surface area (Å²) >= 11 is 2.17. The molecular weight excluding hydrogens is 510 g/mol. The third-order valence-corrected chi connectivity index (χ3v) is 5.82. The van der Waals surface area contributed by atoms with Gasteiger partial charge in [-0.25, -0.2) is 9.78 Å². The third kappa shape index (κ3) is 5.09. The van der Waals surface area contributed by atoms with Crippen molar-refractivity contribution in [2.45, 2.75) is 64.9 Å². The Morgan fingerprint density at radius 3 is 2.40 bits per heavy atom. The van der Waals surface area contributed by atoms with E-state index in [2.05, 4.69) is 32.1 Å². The van der Waals surface area contributed by atoms with Crippen LogP contribution in [0.5, 0.6) is 0 Å². The molecule has 1 atom stereocenters. The number of alkyl halides is 3. The summed E-state index contributed by atoms with van der Waals surface area (Å²) in [6.45, 7) is 8.53. The molecule has 164 valence electrons. The molecule has 1 amide bonds. The van der Waals surface area contributed by atoms with E-state index in [0.717, 1.165) is 32.9 Å². The maximum Gasteiger partial charge on any atom is 0.416 e. The lowest BCUT2D eigenvalue weighted by Crippen LogP contribution is -2.45. The van der Waals surface area contributed by atoms with Crippen LogP contribution in [0.1, 0.15) is 55.9 Å². The number of hydrogen-bond acceptors (Lipinski definition) is 3. The Balaban J connectivity index is 1.84. The van der Waals surface area contributed by atoms with Crippen molar-refractivity contribution < 1.29 is 22.7 Å². The van der Waals surface area contributed by atoms with Crippen molar-refractivity contribution in [1.82, 2.24) is 14.5 Å². The molecule has 30 heavy (non-hydrogen) atoms. The van der Waals surface area contributed by atoms with Crippen LogP contribution in [-0.2, 0) is 23.9 Å². The van der Waals surface area contributed by atoms with Crippen LogP contribution in [0.4, 0.5) is 18.0 Å². The number of halogens is 4. The van der Waals surface area contributed by atoms with Crippen LogP contribution in [0.2, 0.25) is 0 Å². The van der Waals surface area contributed by atoms with Crippen LogP contribution in [0, 0.1) is 10.6 Å². The van der Waals surface area contributed by atoms with Crippen molar-refractivity contribution >= 4 is 28.7 Å². The molecule has 1 unspecified atom stereocenters. The number of benzene rings is 1. The van der Waals surface area contributed by atoms with Gasteiger partial charge in [0.05, 0.1) is 17.3 Å². The number of aryl methyl sites for hydroxylation is 2. The number of carbonyl (C=O) groups is 1. The van der Waals surface area contributed by atoms with E-state index >= 15 is 0 Å². The molecule has 1 aromatic carbocycles. The van der Waals surface area contributed by atoms with Gasteiger partial charge in [0, 0.05) is 13.1 Å². The fraction of sp³-hybridized carbons (Fsp3) is 0.524. The van der Waals surface area contributed by atoms with Gasteiger partial charge in [-0.15, -0.1) is 0 Å². The molecule has 1 aliphatic heterocycles. The highest BCUT2D eigenvalue weighted by Crippen LogP contribution is 2.35. The summed E-state index contributed by atoms with van der Waals surface area (Å²) in [5.41, 5.74) is 0.464. The average Bonchev–Trinajstić information content (AvgIpc) is 2.92. The zero-order chi connectivity index (χ0) is 22.3. The van der Waals surface area contributed by atoms with Crippen molar-refractivity contribution in [3.05, 3.63) is 50.6 Å². The lowest BCUT2D eigenvalue weighted by atomic mass is 9.99. The molecular formula is C21H25F3IN3O2. The molecule has 0 spiro atoms. The first-order valence-electron chi connectivity index (χ1n) is 9.75. The number of aromatic nitrogens is 2. The summed E-state index contributed by atoms with van der Waals surface area (Å²) in [5.74, 6) is 0.887. The number of hydrogen-bond donors (Lipinski definition) is 0. The Bertz CT molecular complexity index is 917. The maximum absolute atomic E-state index is 12.9. The Kier molecular flexibility index (Phi) is 6.41. The molecule has 1 aliphatic rings. The van der Waals surface area contributed by atoms with Crippen LogP contribution in [0.15, 0.2) is 24.3 Å². The molecule has 2 heterocycles. The van der Waals surface area contributed by atoms with Gasteiger partial charge in [-0.3, -0.25) is 4.90 Å². The first-order chi connectivity index (χ1) is 13.9. The molecule has 0 fully saturated rings. The number of fused-ring (bicyclic) bond motifs is 1. The quantitative estimate of drug-likeness (QED) is 0.472. The Morgan fingerprint density at radius 1 is 1.20 bits per heavy atom. The fourth-order valence-electron chi connectivity index (χ4n) is 3.65. The van der Waals surface area contributed by atoms with Crippen molar-refractivity contribution in [2.24, 2.45) is 0 Å².